The molecule has 2 aromatic carbocycles. The third kappa shape index (κ3) is 5.08. The van der Waals surface area contributed by atoms with Crippen LogP contribution in [0.25, 0.3) is 11.1 Å². The maximum absolute atomic E-state index is 12.3. The highest BCUT2D eigenvalue weighted by molar-refractivity contribution is 5.88. The Bertz CT molecular complexity index is 958. The van der Waals surface area contributed by atoms with Gasteiger partial charge >= 0.3 is 12.1 Å². The maximum atomic E-state index is 12.3. The zero-order valence-electron chi connectivity index (χ0n) is 18.4. The molecule has 0 aromatic heterocycles. The molecule has 1 unspecified atom stereocenters. The quantitative estimate of drug-likeness (QED) is 0.553. The van der Waals surface area contributed by atoms with Gasteiger partial charge in [0, 0.05) is 26.0 Å². The smallest absolute Gasteiger partial charge is 0.407 e. The van der Waals surface area contributed by atoms with Gasteiger partial charge in [0.1, 0.15) is 18.2 Å². The van der Waals surface area contributed by atoms with Crippen molar-refractivity contribution in [2.45, 2.75) is 37.8 Å². The summed E-state index contributed by atoms with van der Waals surface area (Å²) in [4.78, 5) is 35.7. The van der Waals surface area contributed by atoms with Crippen LogP contribution in [0.4, 0.5) is 4.79 Å². The van der Waals surface area contributed by atoms with Crippen molar-refractivity contribution in [2.24, 2.45) is 0 Å². The lowest BCUT2D eigenvalue weighted by molar-refractivity contribution is -0.148. The van der Waals surface area contributed by atoms with Gasteiger partial charge < -0.3 is 25.2 Å². The molecule has 2 amide bonds. The van der Waals surface area contributed by atoms with Crippen LogP contribution in [-0.4, -0.2) is 55.0 Å². The highest BCUT2D eigenvalue weighted by atomic mass is 16.5. The fraction of sp³-hybridized carbons (Fsp3) is 0.375. The first-order chi connectivity index (χ1) is 15.2. The van der Waals surface area contributed by atoms with Gasteiger partial charge in [-0.15, -0.1) is 0 Å². The molecular formula is C24H28N2O6. The van der Waals surface area contributed by atoms with Crippen LogP contribution < -0.4 is 10.6 Å². The number of ether oxygens (including phenoxy) is 2. The predicted octanol–water partition coefficient (Wildman–Crippen LogP) is 2.91. The largest absolute Gasteiger partial charge is 0.480 e. The Morgan fingerprint density at radius 3 is 2.12 bits per heavy atom. The average Bonchev–Trinajstić information content (AvgIpc) is 3.08. The Kier molecular flexibility index (Phi) is 7.15. The second-order valence-corrected chi connectivity index (χ2v) is 8.18. The van der Waals surface area contributed by atoms with Crippen molar-refractivity contribution in [2.75, 3.05) is 20.3 Å². The van der Waals surface area contributed by atoms with Crippen LogP contribution in [0.15, 0.2) is 48.5 Å². The molecule has 1 aliphatic carbocycles. The minimum Gasteiger partial charge on any atom is -0.480 e. The highest BCUT2D eigenvalue weighted by Gasteiger charge is 2.32. The van der Waals surface area contributed by atoms with Gasteiger partial charge in [0.2, 0.25) is 5.91 Å². The van der Waals surface area contributed by atoms with E-state index >= 15 is 0 Å². The molecule has 0 spiro atoms. The van der Waals surface area contributed by atoms with E-state index in [0.29, 0.717) is 0 Å². The number of amides is 2. The first-order valence-electron chi connectivity index (χ1n) is 10.4. The van der Waals surface area contributed by atoms with E-state index in [0.717, 1.165) is 22.3 Å². The van der Waals surface area contributed by atoms with E-state index in [2.05, 4.69) is 22.8 Å². The zero-order valence-corrected chi connectivity index (χ0v) is 18.4. The Morgan fingerprint density at radius 1 is 1.03 bits per heavy atom. The molecule has 3 rings (SSSR count). The summed E-state index contributed by atoms with van der Waals surface area (Å²) in [5.41, 5.74) is 3.12. The van der Waals surface area contributed by atoms with Crippen LogP contribution >= 0.6 is 0 Å². The van der Waals surface area contributed by atoms with Gasteiger partial charge in [-0.1, -0.05) is 48.5 Å². The lowest BCUT2D eigenvalue weighted by Gasteiger charge is -2.24. The molecule has 1 atom stereocenters. The summed E-state index contributed by atoms with van der Waals surface area (Å²) in [6.45, 7) is 3.10. The van der Waals surface area contributed by atoms with Crippen molar-refractivity contribution in [1.29, 1.82) is 0 Å². The average molecular weight is 440 g/mol. The van der Waals surface area contributed by atoms with Gasteiger partial charge in [-0.25, -0.2) is 9.59 Å². The number of carbonyl (C=O) groups is 3. The highest BCUT2D eigenvalue weighted by Crippen LogP contribution is 2.44. The lowest BCUT2D eigenvalue weighted by atomic mass is 9.98. The summed E-state index contributed by atoms with van der Waals surface area (Å²) in [5.74, 6) is -1.75. The number of fused-ring (bicyclic) bond motifs is 3. The molecule has 8 nitrogen and oxygen atoms in total. The predicted molar refractivity (Wildman–Crippen MR) is 118 cm³/mol. The van der Waals surface area contributed by atoms with Gasteiger partial charge in [-0.2, -0.15) is 0 Å². The molecule has 8 heteroatoms. The summed E-state index contributed by atoms with van der Waals surface area (Å²) in [6.07, 6.45) is -1.32. The molecule has 2 aromatic rings. The molecule has 0 saturated heterocycles. The van der Waals surface area contributed by atoms with Crippen molar-refractivity contribution in [3.63, 3.8) is 0 Å². The fourth-order valence-electron chi connectivity index (χ4n) is 3.75. The number of carbonyl (C=O) groups excluding carboxylic acids is 2. The Balaban J connectivity index is 1.51. The lowest BCUT2D eigenvalue weighted by Crippen LogP contribution is -2.53. The van der Waals surface area contributed by atoms with E-state index < -0.39 is 29.6 Å². The van der Waals surface area contributed by atoms with Crippen LogP contribution in [0.1, 0.15) is 37.3 Å². The molecule has 32 heavy (non-hydrogen) atoms. The SMILES string of the molecule is COC(CCNC(=O)OCC1c2ccccc2-c2ccccc21)C(=O)NC(C)(C)C(=O)O. The van der Waals surface area contributed by atoms with Gasteiger partial charge in [0.05, 0.1) is 0 Å². The van der Waals surface area contributed by atoms with Gasteiger partial charge in [0.15, 0.2) is 0 Å². The van der Waals surface area contributed by atoms with E-state index in [9.17, 15) is 14.4 Å². The first-order valence-corrected chi connectivity index (χ1v) is 10.4. The monoisotopic (exact) mass is 440 g/mol. The van der Waals surface area contributed by atoms with Gasteiger partial charge in [-0.05, 0) is 36.1 Å². The maximum Gasteiger partial charge on any atom is 0.407 e. The molecule has 0 bridgehead atoms. The molecule has 3 N–H and O–H groups in total. The number of alkyl carbamates (subject to hydrolysis) is 1. The summed E-state index contributed by atoms with van der Waals surface area (Å²) in [7, 11) is 1.35. The molecule has 0 fully saturated rings. The molecule has 0 aliphatic heterocycles. The number of nitrogens with one attached hydrogen (secondary N) is 2. The number of benzene rings is 2. The molecular weight excluding hydrogens is 412 g/mol. The van der Waals surface area contributed by atoms with Gasteiger partial charge in [-0.3, -0.25) is 4.79 Å². The second kappa shape index (κ2) is 9.82. The van der Waals surface area contributed by atoms with Crippen molar-refractivity contribution in [3.05, 3.63) is 59.7 Å². The number of hydrogen-bond acceptors (Lipinski definition) is 5. The molecule has 0 saturated carbocycles. The third-order valence-corrected chi connectivity index (χ3v) is 5.57. The van der Waals surface area contributed by atoms with Crippen LogP contribution in [0.3, 0.4) is 0 Å². The summed E-state index contributed by atoms with van der Waals surface area (Å²) in [6, 6.07) is 16.1. The molecule has 1 aliphatic rings. The Hall–Kier alpha value is -3.39. The normalized spacial score (nSPS) is 13.6. The second-order valence-electron chi connectivity index (χ2n) is 8.18. The first kappa shape index (κ1) is 23.3. The van der Waals surface area contributed by atoms with Crippen molar-refractivity contribution >= 4 is 18.0 Å². The zero-order chi connectivity index (χ0) is 23.3. The van der Waals surface area contributed by atoms with E-state index in [1.54, 1.807) is 0 Å². The van der Waals surface area contributed by atoms with E-state index in [1.807, 2.05) is 36.4 Å². The Labute approximate surface area is 186 Å². The van der Waals surface area contributed by atoms with Crippen LogP contribution in [0.5, 0.6) is 0 Å². The minimum atomic E-state index is -1.42. The topological polar surface area (TPSA) is 114 Å². The third-order valence-electron chi connectivity index (χ3n) is 5.57. The van der Waals surface area contributed by atoms with E-state index in [4.69, 9.17) is 14.6 Å². The minimum absolute atomic E-state index is 0.0381. The van der Waals surface area contributed by atoms with E-state index in [1.165, 1.54) is 21.0 Å². The van der Waals surface area contributed by atoms with Crippen molar-refractivity contribution in [3.8, 4) is 11.1 Å². The molecule has 0 heterocycles. The summed E-state index contributed by atoms with van der Waals surface area (Å²) >= 11 is 0. The van der Waals surface area contributed by atoms with E-state index in [-0.39, 0.29) is 25.5 Å². The number of aliphatic carboxylic acids is 1. The van der Waals surface area contributed by atoms with Crippen molar-refractivity contribution in [1.82, 2.24) is 10.6 Å². The fourth-order valence-corrected chi connectivity index (χ4v) is 3.75. The Morgan fingerprint density at radius 2 is 1.59 bits per heavy atom. The number of carboxylic acids is 1. The number of carboxylic acid groups (broad SMARTS) is 1. The molecule has 0 radical (unpaired) electrons. The van der Waals surface area contributed by atoms with Crippen LogP contribution in [0.2, 0.25) is 0 Å². The number of hydrogen-bond donors (Lipinski definition) is 3. The summed E-state index contributed by atoms with van der Waals surface area (Å²) in [5, 5.41) is 14.2. The van der Waals surface area contributed by atoms with Crippen molar-refractivity contribution < 1.29 is 29.0 Å². The summed E-state index contributed by atoms with van der Waals surface area (Å²) < 4.78 is 10.6. The standard InChI is InChI=1S/C24H28N2O6/c1-24(2,22(28)29)26-21(27)20(31-3)12-13-25-23(30)32-14-19-17-10-6-4-8-15(17)16-9-5-7-11-18(16)19/h4-11,19-20H,12-14H2,1-3H3,(H,25,30)(H,26,27)(H,28,29). The van der Waals surface area contributed by atoms with Crippen LogP contribution in [-0.2, 0) is 19.1 Å². The van der Waals surface area contributed by atoms with Crippen LogP contribution in [0, 0.1) is 0 Å². The molecule has 170 valence electrons. The number of rotatable bonds is 9. The number of methoxy groups -OCH3 is 1. The van der Waals surface area contributed by atoms with Gasteiger partial charge in [0.25, 0.3) is 0 Å².